The second kappa shape index (κ2) is 8.82. The van der Waals surface area contributed by atoms with E-state index in [1.165, 1.54) is 10.9 Å². The normalized spacial score (nSPS) is 11.1. The number of carbonyl (C=O) groups is 1. The topological polar surface area (TPSA) is 92.2 Å². The van der Waals surface area contributed by atoms with Gasteiger partial charge in [-0.1, -0.05) is 48.5 Å². The van der Waals surface area contributed by atoms with Gasteiger partial charge in [0.1, 0.15) is 23.0 Å². The molecular weight excluding hydrogens is 432 g/mol. The highest BCUT2D eigenvalue weighted by Crippen LogP contribution is 2.25. The molecule has 0 aliphatic heterocycles. The maximum atomic E-state index is 13.4. The molecular formula is C26H22N4O4. The smallest absolute Gasteiger partial charge is 0.342 e. The second-order valence-corrected chi connectivity index (χ2v) is 7.76. The van der Waals surface area contributed by atoms with Gasteiger partial charge in [0.05, 0.1) is 24.5 Å². The van der Waals surface area contributed by atoms with E-state index in [9.17, 15) is 9.59 Å². The number of nitrogens with zero attached hydrogens (tertiary/aromatic N) is 4. The Hall–Kier alpha value is -4.46. The van der Waals surface area contributed by atoms with E-state index in [0.29, 0.717) is 5.76 Å². The first-order chi connectivity index (χ1) is 16.6. The Labute approximate surface area is 195 Å². The fourth-order valence-electron chi connectivity index (χ4n) is 3.96. The number of hydrogen-bond acceptors (Lipinski definition) is 6. The summed E-state index contributed by atoms with van der Waals surface area (Å²) in [6.07, 6.45) is 3.33. The van der Waals surface area contributed by atoms with Crippen molar-refractivity contribution in [3.63, 3.8) is 0 Å². The highest BCUT2D eigenvalue weighted by atomic mass is 16.5. The molecule has 8 nitrogen and oxygen atoms in total. The summed E-state index contributed by atoms with van der Waals surface area (Å²) in [5.41, 5.74) is 3.28. The summed E-state index contributed by atoms with van der Waals surface area (Å²) >= 11 is 0. The van der Waals surface area contributed by atoms with Crippen LogP contribution < -0.4 is 5.56 Å². The Morgan fingerprint density at radius 2 is 1.76 bits per heavy atom. The van der Waals surface area contributed by atoms with Gasteiger partial charge in [0.15, 0.2) is 0 Å². The van der Waals surface area contributed by atoms with Crippen LogP contribution in [0.1, 0.15) is 28.6 Å². The Kier molecular flexibility index (Phi) is 5.55. The molecule has 34 heavy (non-hydrogen) atoms. The van der Waals surface area contributed by atoms with Crippen LogP contribution in [0.4, 0.5) is 0 Å². The minimum Gasteiger partial charge on any atom is -0.462 e. The van der Waals surface area contributed by atoms with E-state index in [0.717, 1.165) is 22.5 Å². The Morgan fingerprint density at radius 1 is 1.06 bits per heavy atom. The molecule has 2 aromatic carbocycles. The lowest BCUT2D eigenvalue weighted by molar-refractivity contribution is 0.0526. The average Bonchev–Trinajstić information content (AvgIpc) is 3.43. The van der Waals surface area contributed by atoms with Crippen LogP contribution in [-0.4, -0.2) is 31.9 Å². The van der Waals surface area contributed by atoms with Gasteiger partial charge in [-0.15, -0.1) is 0 Å². The van der Waals surface area contributed by atoms with E-state index in [4.69, 9.17) is 14.3 Å². The van der Waals surface area contributed by atoms with Crippen molar-refractivity contribution in [1.29, 1.82) is 0 Å². The van der Waals surface area contributed by atoms with Crippen molar-refractivity contribution >= 4 is 17.1 Å². The first-order valence-corrected chi connectivity index (χ1v) is 10.9. The molecule has 0 aliphatic carbocycles. The number of carbonyl (C=O) groups excluding carboxylic acids is 1. The largest absolute Gasteiger partial charge is 0.462 e. The second-order valence-electron chi connectivity index (χ2n) is 7.76. The molecule has 170 valence electrons. The minimum atomic E-state index is -0.600. The number of furan rings is 1. The van der Waals surface area contributed by atoms with Gasteiger partial charge in [0.25, 0.3) is 5.56 Å². The molecule has 0 aliphatic rings. The number of benzene rings is 2. The van der Waals surface area contributed by atoms with Gasteiger partial charge in [0.2, 0.25) is 5.71 Å². The fourth-order valence-corrected chi connectivity index (χ4v) is 3.96. The van der Waals surface area contributed by atoms with Crippen LogP contribution in [0.3, 0.4) is 0 Å². The van der Waals surface area contributed by atoms with Crippen LogP contribution in [0.15, 0.2) is 82.4 Å². The Balaban J connectivity index is 1.63. The van der Waals surface area contributed by atoms with Crippen LogP contribution >= 0.6 is 0 Å². The summed E-state index contributed by atoms with van der Waals surface area (Å²) in [6.45, 7) is 3.74. The Morgan fingerprint density at radius 3 is 2.47 bits per heavy atom. The third kappa shape index (κ3) is 3.79. The van der Waals surface area contributed by atoms with Crippen LogP contribution in [0, 0.1) is 6.92 Å². The predicted octanol–water partition coefficient (Wildman–Crippen LogP) is 4.38. The quantitative estimate of drug-likeness (QED) is 0.354. The lowest BCUT2D eigenvalue weighted by atomic mass is 10.1. The highest BCUT2D eigenvalue weighted by molar-refractivity contribution is 6.03. The zero-order chi connectivity index (χ0) is 23.7. The highest BCUT2D eigenvalue weighted by Gasteiger charge is 2.24. The zero-order valence-corrected chi connectivity index (χ0v) is 18.8. The van der Waals surface area contributed by atoms with Gasteiger partial charge in [-0.3, -0.25) is 9.36 Å². The lowest BCUT2D eigenvalue weighted by Crippen LogP contribution is -2.22. The van der Waals surface area contributed by atoms with Gasteiger partial charge in [-0.05, 0) is 26.0 Å². The van der Waals surface area contributed by atoms with Crippen molar-refractivity contribution in [2.75, 3.05) is 6.61 Å². The number of ether oxygens (including phenoxy) is 1. The third-order valence-electron chi connectivity index (χ3n) is 5.53. The lowest BCUT2D eigenvalue weighted by Gasteiger charge is -2.06. The summed E-state index contributed by atoms with van der Waals surface area (Å²) in [5, 5.41) is 4.92. The maximum Gasteiger partial charge on any atom is 0.342 e. The van der Waals surface area contributed by atoms with Crippen molar-refractivity contribution < 1.29 is 13.9 Å². The van der Waals surface area contributed by atoms with Crippen molar-refractivity contribution in [2.45, 2.75) is 20.4 Å². The van der Waals surface area contributed by atoms with Gasteiger partial charge in [0, 0.05) is 17.3 Å². The number of fused-ring (bicyclic) bond motifs is 1. The molecule has 3 aromatic heterocycles. The number of hydrogen-bond donors (Lipinski definition) is 0. The molecule has 0 saturated heterocycles. The molecule has 0 N–H and O–H groups in total. The van der Waals surface area contributed by atoms with Gasteiger partial charge < -0.3 is 9.15 Å². The first kappa shape index (κ1) is 21.4. The summed E-state index contributed by atoms with van der Waals surface area (Å²) in [5.74, 6) is -0.296. The molecule has 3 heterocycles. The molecule has 0 spiro atoms. The molecule has 5 rings (SSSR count). The van der Waals surface area contributed by atoms with Crippen molar-refractivity contribution in [1.82, 2.24) is 19.3 Å². The van der Waals surface area contributed by atoms with Gasteiger partial charge in [-0.25, -0.2) is 14.5 Å². The van der Waals surface area contributed by atoms with Crippen LogP contribution in [0.5, 0.6) is 0 Å². The SMILES string of the molecule is CCOC(=O)c1c(C)oc2ncn(Cc3cn(-c4ccccc4)nc3-c3ccccc3)c(=O)c12. The molecule has 0 saturated carbocycles. The number of aromatic nitrogens is 4. The van der Waals surface area contributed by atoms with Crippen molar-refractivity contribution in [3.8, 4) is 16.9 Å². The van der Waals surface area contributed by atoms with Crippen LogP contribution in [0.25, 0.3) is 28.0 Å². The first-order valence-electron chi connectivity index (χ1n) is 10.9. The molecule has 5 aromatic rings. The maximum absolute atomic E-state index is 13.4. The monoisotopic (exact) mass is 454 g/mol. The van der Waals surface area contributed by atoms with Crippen molar-refractivity contribution in [3.05, 3.63) is 100 Å². The van der Waals surface area contributed by atoms with Crippen LogP contribution in [-0.2, 0) is 11.3 Å². The predicted molar refractivity (Wildman–Crippen MR) is 127 cm³/mol. The number of rotatable bonds is 6. The molecule has 0 fully saturated rings. The number of para-hydroxylation sites is 1. The van der Waals surface area contributed by atoms with Gasteiger partial charge in [-0.2, -0.15) is 5.10 Å². The Bertz CT molecular complexity index is 1530. The summed E-state index contributed by atoms with van der Waals surface area (Å²) < 4.78 is 13.9. The standard InChI is InChI=1S/C26H22N4O4/c1-3-33-26(32)21-17(2)34-24-22(21)25(31)29(16-27-24)14-19-15-30(20-12-8-5-9-13-20)28-23(19)18-10-6-4-7-11-18/h4-13,15-16H,3,14H2,1-2H3. The van der Waals surface area contributed by atoms with Crippen molar-refractivity contribution in [2.24, 2.45) is 0 Å². The fraction of sp³-hybridized carbons (Fsp3) is 0.154. The molecule has 8 heteroatoms. The van der Waals surface area contributed by atoms with E-state index in [2.05, 4.69) is 4.98 Å². The third-order valence-corrected chi connectivity index (χ3v) is 5.53. The van der Waals surface area contributed by atoms with E-state index >= 15 is 0 Å². The summed E-state index contributed by atoms with van der Waals surface area (Å²) in [6, 6.07) is 19.5. The van der Waals surface area contributed by atoms with Crippen LogP contribution in [0.2, 0.25) is 0 Å². The van der Waals surface area contributed by atoms with E-state index in [1.807, 2.05) is 66.9 Å². The molecule has 0 amide bonds. The number of aryl methyl sites for hydroxylation is 1. The van der Waals surface area contributed by atoms with Gasteiger partial charge >= 0.3 is 5.97 Å². The molecule has 0 unspecified atom stereocenters. The zero-order valence-electron chi connectivity index (χ0n) is 18.8. The summed E-state index contributed by atoms with van der Waals surface area (Å²) in [4.78, 5) is 30.2. The molecule has 0 atom stereocenters. The van der Waals surface area contributed by atoms with E-state index in [1.54, 1.807) is 18.5 Å². The molecule has 0 bridgehead atoms. The molecule has 0 radical (unpaired) electrons. The average molecular weight is 454 g/mol. The van der Waals surface area contributed by atoms with E-state index < -0.39 is 5.97 Å². The number of esters is 1. The van der Waals surface area contributed by atoms with E-state index in [-0.39, 0.29) is 35.4 Å². The summed E-state index contributed by atoms with van der Waals surface area (Å²) in [7, 11) is 0. The minimum absolute atomic E-state index is 0.116.